The molecule has 0 aliphatic carbocycles. The number of hydrogen-bond acceptors (Lipinski definition) is 4. The topological polar surface area (TPSA) is 82.9 Å². The molecule has 2 aromatic rings. The fraction of sp³-hybridized carbons (Fsp3) is 0.0769. The van der Waals surface area contributed by atoms with Gasteiger partial charge in [0.1, 0.15) is 4.90 Å². The standard InChI is InChI=1S/C13H10ClN3O2S/c1-9-2-10(6-15)4-12(3-9)17-20(18,19)13-5-11(14)7-16-8-13/h2-5,7-8,17H,1H3. The second-order valence-electron chi connectivity index (χ2n) is 4.14. The lowest BCUT2D eigenvalue weighted by atomic mass is 10.1. The number of hydrogen-bond donors (Lipinski definition) is 1. The van der Waals surface area contributed by atoms with Crippen molar-refractivity contribution in [2.24, 2.45) is 0 Å². The zero-order valence-electron chi connectivity index (χ0n) is 10.5. The fourth-order valence-corrected chi connectivity index (χ4v) is 2.93. The van der Waals surface area contributed by atoms with Crippen LogP contribution in [0, 0.1) is 18.3 Å². The van der Waals surface area contributed by atoms with Gasteiger partial charge in [-0.2, -0.15) is 5.26 Å². The summed E-state index contributed by atoms with van der Waals surface area (Å²) in [5.41, 5.74) is 1.49. The van der Waals surface area contributed by atoms with E-state index in [4.69, 9.17) is 16.9 Å². The number of sulfonamides is 1. The molecule has 1 aromatic heterocycles. The first kappa shape index (κ1) is 14.3. The van der Waals surface area contributed by atoms with Crippen molar-refractivity contribution in [2.45, 2.75) is 11.8 Å². The Kier molecular flexibility index (Phi) is 3.93. The zero-order valence-corrected chi connectivity index (χ0v) is 12.0. The van der Waals surface area contributed by atoms with Gasteiger partial charge in [0.15, 0.2) is 0 Å². The summed E-state index contributed by atoms with van der Waals surface area (Å²) >= 11 is 5.73. The van der Waals surface area contributed by atoms with E-state index in [2.05, 4.69) is 9.71 Å². The van der Waals surface area contributed by atoms with Gasteiger partial charge >= 0.3 is 0 Å². The van der Waals surface area contributed by atoms with Crippen LogP contribution in [0.15, 0.2) is 41.6 Å². The van der Waals surface area contributed by atoms with Crippen molar-refractivity contribution in [3.8, 4) is 6.07 Å². The molecule has 0 saturated carbocycles. The van der Waals surface area contributed by atoms with Crippen LogP contribution in [0.25, 0.3) is 0 Å². The van der Waals surface area contributed by atoms with Crippen LogP contribution >= 0.6 is 11.6 Å². The van der Waals surface area contributed by atoms with E-state index in [1.54, 1.807) is 19.1 Å². The monoisotopic (exact) mass is 307 g/mol. The molecule has 0 aliphatic heterocycles. The van der Waals surface area contributed by atoms with E-state index in [9.17, 15) is 8.42 Å². The molecule has 0 aliphatic rings. The second-order valence-corrected chi connectivity index (χ2v) is 6.26. The largest absolute Gasteiger partial charge is 0.280 e. The maximum atomic E-state index is 12.2. The Morgan fingerprint density at radius 2 is 2.00 bits per heavy atom. The van der Waals surface area contributed by atoms with E-state index in [1.165, 1.54) is 24.5 Å². The predicted octanol–water partition coefficient (Wildman–Crippen LogP) is 2.72. The molecule has 5 nitrogen and oxygen atoms in total. The highest BCUT2D eigenvalue weighted by atomic mass is 35.5. The molecule has 0 radical (unpaired) electrons. The van der Waals surface area contributed by atoms with Crippen LogP contribution in [0.2, 0.25) is 5.02 Å². The number of anilines is 1. The van der Waals surface area contributed by atoms with Gasteiger partial charge in [-0.1, -0.05) is 11.6 Å². The number of nitriles is 1. The van der Waals surface area contributed by atoms with Gasteiger partial charge in [-0.15, -0.1) is 0 Å². The molecule has 0 saturated heterocycles. The summed E-state index contributed by atoms with van der Waals surface area (Å²) in [5.74, 6) is 0. The van der Waals surface area contributed by atoms with Crippen molar-refractivity contribution < 1.29 is 8.42 Å². The van der Waals surface area contributed by atoms with Gasteiger partial charge in [0.25, 0.3) is 10.0 Å². The molecule has 102 valence electrons. The van der Waals surface area contributed by atoms with Crippen molar-refractivity contribution >= 4 is 27.3 Å². The molecule has 0 unspecified atom stereocenters. The molecule has 0 fully saturated rings. The lowest BCUT2D eigenvalue weighted by molar-refractivity contribution is 0.601. The molecule has 20 heavy (non-hydrogen) atoms. The molecular formula is C13H10ClN3O2S. The highest BCUT2D eigenvalue weighted by Crippen LogP contribution is 2.20. The van der Waals surface area contributed by atoms with Crippen molar-refractivity contribution in [1.29, 1.82) is 5.26 Å². The fourth-order valence-electron chi connectivity index (χ4n) is 1.66. The van der Waals surface area contributed by atoms with Crippen LogP contribution in [0.5, 0.6) is 0 Å². The summed E-state index contributed by atoms with van der Waals surface area (Å²) in [6.07, 6.45) is 2.55. The molecule has 1 heterocycles. The van der Waals surface area contributed by atoms with Crippen LogP contribution in [-0.4, -0.2) is 13.4 Å². The third-order valence-corrected chi connectivity index (χ3v) is 4.00. The minimum atomic E-state index is -3.78. The van der Waals surface area contributed by atoms with Gasteiger partial charge in [0.2, 0.25) is 0 Å². The lowest BCUT2D eigenvalue weighted by Crippen LogP contribution is -2.13. The second kappa shape index (κ2) is 5.49. The minimum Gasteiger partial charge on any atom is -0.280 e. The molecule has 1 N–H and O–H groups in total. The molecule has 0 amide bonds. The van der Waals surface area contributed by atoms with Gasteiger partial charge in [0.05, 0.1) is 22.3 Å². The molecule has 1 aromatic carbocycles. The minimum absolute atomic E-state index is 0.0370. The van der Waals surface area contributed by atoms with Crippen LogP contribution < -0.4 is 4.72 Å². The number of rotatable bonds is 3. The van der Waals surface area contributed by atoms with Gasteiger partial charge in [-0.25, -0.2) is 8.42 Å². The highest BCUT2D eigenvalue weighted by Gasteiger charge is 2.15. The molecule has 0 bridgehead atoms. The predicted molar refractivity (Wildman–Crippen MR) is 75.9 cm³/mol. The van der Waals surface area contributed by atoms with Crippen LogP contribution in [0.4, 0.5) is 5.69 Å². The summed E-state index contributed by atoms with van der Waals surface area (Å²) < 4.78 is 26.7. The molecular weight excluding hydrogens is 298 g/mol. The zero-order chi connectivity index (χ0) is 14.8. The number of benzene rings is 1. The van der Waals surface area contributed by atoms with Crippen LogP contribution in [-0.2, 0) is 10.0 Å². The van der Waals surface area contributed by atoms with Crippen molar-refractivity contribution in [3.05, 3.63) is 52.8 Å². The molecule has 0 spiro atoms. The summed E-state index contributed by atoms with van der Waals surface area (Å²) in [5, 5.41) is 9.11. The Hall–Kier alpha value is -2.10. The van der Waals surface area contributed by atoms with Gasteiger partial charge < -0.3 is 0 Å². The highest BCUT2D eigenvalue weighted by molar-refractivity contribution is 7.92. The number of aryl methyl sites for hydroxylation is 1. The first-order valence-electron chi connectivity index (χ1n) is 5.56. The average Bonchev–Trinajstić information content (AvgIpc) is 2.37. The number of aromatic nitrogens is 1. The summed E-state index contributed by atoms with van der Waals surface area (Å²) in [4.78, 5) is 3.70. The SMILES string of the molecule is Cc1cc(C#N)cc(NS(=O)(=O)c2cncc(Cl)c2)c1. The van der Waals surface area contributed by atoms with E-state index in [0.717, 1.165) is 5.56 Å². The van der Waals surface area contributed by atoms with E-state index in [-0.39, 0.29) is 9.92 Å². The average molecular weight is 308 g/mol. The summed E-state index contributed by atoms with van der Waals surface area (Å²) in [6.45, 7) is 1.78. The van der Waals surface area contributed by atoms with Gasteiger partial charge in [-0.3, -0.25) is 9.71 Å². The smallest absolute Gasteiger partial charge is 0.263 e. The number of nitrogens with zero attached hydrogens (tertiary/aromatic N) is 2. The Morgan fingerprint density at radius 1 is 1.25 bits per heavy atom. The van der Waals surface area contributed by atoms with E-state index >= 15 is 0 Å². The van der Waals surface area contributed by atoms with Gasteiger partial charge in [-0.05, 0) is 36.8 Å². The summed E-state index contributed by atoms with van der Waals surface area (Å²) in [6, 6.07) is 8.04. The van der Waals surface area contributed by atoms with E-state index < -0.39 is 10.0 Å². The maximum Gasteiger partial charge on any atom is 0.263 e. The third kappa shape index (κ3) is 3.26. The molecule has 2 rings (SSSR count). The van der Waals surface area contributed by atoms with E-state index in [1.807, 2.05) is 6.07 Å². The lowest BCUT2D eigenvalue weighted by Gasteiger charge is -2.09. The quantitative estimate of drug-likeness (QED) is 0.945. The Morgan fingerprint density at radius 3 is 2.65 bits per heavy atom. The Labute approximate surface area is 121 Å². The number of nitrogens with one attached hydrogen (secondary N) is 1. The van der Waals surface area contributed by atoms with Crippen LogP contribution in [0.1, 0.15) is 11.1 Å². The first-order valence-corrected chi connectivity index (χ1v) is 7.42. The third-order valence-electron chi connectivity index (χ3n) is 2.45. The van der Waals surface area contributed by atoms with Crippen molar-refractivity contribution in [1.82, 2.24) is 4.98 Å². The van der Waals surface area contributed by atoms with Crippen LogP contribution in [0.3, 0.4) is 0 Å². The Bertz CT molecular complexity index is 798. The summed E-state index contributed by atoms with van der Waals surface area (Å²) in [7, 11) is -3.78. The maximum absolute atomic E-state index is 12.2. The van der Waals surface area contributed by atoms with Crippen molar-refractivity contribution in [2.75, 3.05) is 4.72 Å². The molecule has 0 atom stereocenters. The first-order chi connectivity index (χ1) is 9.40. The number of halogens is 1. The van der Waals surface area contributed by atoms with E-state index in [0.29, 0.717) is 11.3 Å². The molecule has 7 heteroatoms. The Balaban J connectivity index is 2.39. The van der Waals surface area contributed by atoms with Crippen molar-refractivity contribution in [3.63, 3.8) is 0 Å². The van der Waals surface area contributed by atoms with Gasteiger partial charge in [0, 0.05) is 12.4 Å². The number of pyridine rings is 1. The normalized spacial score (nSPS) is 10.8.